The van der Waals surface area contributed by atoms with Gasteiger partial charge >= 0.3 is 0 Å². The van der Waals surface area contributed by atoms with Crippen LogP contribution >= 0.6 is 11.6 Å². The fourth-order valence-electron chi connectivity index (χ4n) is 2.31. The van der Waals surface area contributed by atoms with Gasteiger partial charge in [-0.3, -0.25) is 4.79 Å². The molecule has 0 bridgehead atoms. The number of nitrogens with one attached hydrogen (secondary N) is 1. The molecule has 2 heterocycles. The van der Waals surface area contributed by atoms with Crippen molar-refractivity contribution >= 4 is 22.5 Å². The summed E-state index contributed by atoms with van der Waals surface area (Å²) in [7, 11) is 0. The lowest BCUT2D eigenvalue weighted by Crippen LogP contribution is -2.09. The van der Waals surface area contributed by atoms with E-state index in [9.17, 15) is 4.79 Å². The van der Waals surface area contributed by atoms with Crippen molar-refractivity contribution in [3.8, 4) is 22.9 Å². The van der Waals surface area contributed by atoms with Crippen LogP contribution in [0.1, 0.15) is 0 Å². The lowest BCUT2D eigenvalue weighted by molar-refractivity contribution is 0.174. The first-order chi connectivity index (χ1) is 10.2. The van der Waals surface area contributed by atoms with Gasteiger partial charge in [-0.05, 0) is 18.2 Å². The summed E-state index contributed by atoms with van der Waals surface area (Å²) in [5.74, 6) is 1.58. The Kier molecular flexibility index (Phi) is 2.62. The van der Waals surface area contributed by atoms with E-state index in [2.05, 4.69) is 9.97 Å². The molecular weight excluding hydrogens is 292 g/mol. The monoisotopic (exact) mass is 300 g/mol. The highest BCUT2D eigenvalue weighted by Gasteiger charge is 2.18. The van der Waals surface area contributed by atoms with Gasteiger partial charge in [0.2, 0.25) is 6.79 Å². The van der Waals surface area contributed by atoms with E-state index in [0.29, 0.717) is 38.8 Å². The molecule has 3 aromatic rings. The van der Waals surface area contributed by atoms with Crippen molar-refractivity contribution in [3.63, 3.8) is 0 Å². The lowest BCUT2D eigenvalue weighted by atomic mass is 10.1. The number of halogens is 1. The average molecular weight is 301 g/mol. The van der Waals surface area contributed by atoms with Crippen LogP contribution in [0.2, 0.25) is 5.02 Å². The van der Waals surface area contributed by atoms with Crippen molar-refractivity contribution in [1.82, 2.24) is 9.97 Å². The summed E-state index contributed by atoms with van der Waals surface area (Å²) in [6.07, 6.45) is 0. The zero-order valence-corrected chi connectivity index (χ0v) is 11.5. The standard InChI is InChI=1S/C15H9ClN2O3/c16-10-6-13-12(20-7-21-13)5-9(10)14-17-11-4-2-1-3-8(11)15(19)18-14/h1-6H,7H2,(H,17,18,19). The zero-order chi connectivity index (χ0) is 14.4. The van der Waals surface area contributed by atoms with Crippen LogP contribution in [0.25, 0.3) is 22.3 Å². The molecule has 1 N–H and O–H groups in total. The Morgan fingerprint density at radius 3 is 2.76 bits per heavy atom. The molecule has 1 aliphatic heterocycles. The molecule has 0 spiro atoms. The van der Waals surface area contributed by atoms with Gasteiger partial charge in [0.1, 0.15) is 5.82 Å². The molecule has 1 aromatic heterocycles. The Bertz CT molecular complexity index is 920. The van der Waals surface area contributed by atoms with Crippen LogP contribution in [-0.4, -0.2) is 16.8 Å². The number of ether oxygens (including phenoxy) is 2. The molecule has 0 saturated heterocycles. The molecule has 0 fully saturated rings. The third-order valence-corrected chi connectivity index (χ3v) is 3.64. The van der Waals surface area contributed by atoms with Gasteiger partial charge in [-0.25, -0.2) is 4.98 Å². The molecule has 6 heteroatoms. The van der Waals surface area contributed by atoms with E-state index < -0.39 is 0 Å². The van der Waals surface area contributed by atoms with Gasteiger partial charge in [0.15, 0.2) is 11.5 Å². The third-order valence-electron chi connectivity index (χ3n) is 3.33. The van der Waals surface area contributed by atoms with Gasteiger partial charge in [-0.1, -0.05) is 23.7 Å². The molecule has 5 nitrogen and oxygen atoms in total. The second-order valence-electron chi connectivity index (χ2n) is 4.62. The van der Waals surface area contributed by atoms with Crippen LogP contribution in [-0.2, 0) is 0 Å². The van der Waals surface area contributed by atoms with Crippen LogP contribution in [0, 0.1) is 0 Å². The number of aromatic nitrogens is 2. The number of rotatable bonds is 1. The predicted octanol–water partition coefficient (Wildman–Crippen LogP) is 2.97. The minimum Gasteiger partial charge on any atom is -0.454 e. The van der Waals surface area contributed by atoms with Gasteiger partial charge in [-0.2, -0.15) is 0 Å². The Hall–Kier alpha value is -2.53. The van der Waals surface area contributed by atoms with E-state index in [0.717, 1.165) is 0 Å². The van der Waals surface area contributed by atoms with Crippen molar-refractivity contribution in [2.45, 2.75) is 0 Å². The highest BCUT2D eigenvalue weighted by atomic mass is 35.5. The topological polar surface area (TPSA) is 64.2 Å². The van der Waals surface area contributed by atoms with Crippen LogP contribution in [0.3, 0.4) is 0 Å². The van der Waals surface area contributed by atoms with Crippen molar-refractivity contribution < 1.29 is 9.47 Å². The normalized spacial score (nSPS) is 12.8. The summed E-state index contributed by atoms with van der Waals surface area (Å²) in [5.41, 5.74) is 1.01. The zero-order valence-electron chi connectivity index (χ0n) is 10.7. The molecule has 0 aliphatic carbocycles. The molecule has 21 heavy (non-hydrogen) atoms. The van der Waals surface area contributed by atoms with E-state index in [1.807, 2.05) is 6.07 Å². The van der Waals surface area contributed by atoms with E-state index in [1.54, 1.807) is 30.3 Å². The highest BCUT2D eigenvalue weighted by molar-refractivity contribution is 6.33. The summed E-state index contributed by atoms with van der Waals surface area (Å²) < 4.78 is 10.6. The van der Waals surface area contributed by atoms with E-state index >= 15 is 0 Å². The van der Waals surface area contributed by atoms with Crippen molar-refractivity contribution in [2.75, 3.05) is 6.79 Å². The average Bonchev–Trinajstić information content (AvgIpc) is 2.93. The lowest BCUT2D eigenvalue weighted by Gasteiger charge is -2.06. The number of para-hydroxylation sites is 1. The summed E-state index contributed by atoms with van der Waals surface area (Å²) >= 11 is 6.25. The van der Waals surface area contributed by atoms with Gasteiger partial charge in [0, 0.05) is 11.6 Å². The SMILES string of the molecule is O=c1[nH]c(-c2cc3c(cc2Cl)OCO3)nc2ccccc12. The summed E-state index contributed by atoms with van der Waals surface area (Å²) in [5, 5.41) is 0.982. The first kappa shape index (κ1) is 12.2. The maximum atomic E-state index is 12.1. The molecule has 4 rings (SSSR count). The molecule has 0 atom stereocenters. The van der Waals surface area contributed by atoms with Crippen LogP contribution in [0.4, 0.5) is 0 Å². The van der Waals surface area contributed by atoms with Crippen LogP contribution < -0.4 is 15.0 Å². The number of hydrogen-bond acceptors (Lipinski definition) is 4. The van der Waals surface area contributed by atoms with Crippen LogP contribution in [0.15, 0.2) is 41.2 Å². The number of nitrogens with zero attached hydrogens (tertiary/aromatic N) is 1. The molecular formula is C15H9ClN2O3. The van der Waals surface area contributed by atoms with Crippen molar-refractivity contribution in [2.24, 2.45) is 0 Å². The summed E-state index contributed by atoms with van der Waals surface area (Å²) in [6, 6.07) is 10.5. The molecule has 0 unspecified atom stereocenters. The fourth-order valence-corrected chi connectivity index (χ4v) is 2.56. The minimum absolute atomic E-state index is 0.163. The predicted molar refractivity (Wildman–Crippen MR) is 78.9 cm³/mol. The first-order valence-corrected chi connectivity index (χ1v) is 6.69. The molecule has 104 valence electrons. The van der Waals surface area contributed by atoms with Crippen molar-refractivity contribution in [1.29, 1.82) is 0 Å². The quantitative estimate of drug-likeness (QED) is 0.750. The Labute approximate surface area is 124 Å². The van der Waals surface area contributed by atoms with Gasteiger partial charge < -0.3 is 14.5 Å². The maximum absolute atomic E-state index is 12.1. The third kappa shape index (κ3) is 1.94. The molecule has 0 saturated carbocycles. The van der Waals surface area contributed by atoms with Crippen molar-refractivity contribution in [3.05, 3.63) is 51.8 Å². The number of aromatic amines is 1. The van der Waals surface area contributed by atoms with Gasteiger partial charge in [0.25, 0.3) is 5.56 Å². The summed E-state index contributed by atoms with van der Waals surface area (Å²) in [4.78, 5) is 19.3. The minimum atomic E-state index is -0.204. The molecule has 1 aliphatic rings. The molecule has 0 amide bonds. The second-order valence-corrected chi connectivity index (χ2v) is 5.02. The number of H-pyrrole nitrogens is 1. The number of hydrogen-bond donors (Lipinski definition) is 1. The van der Waals surface area contributed by atoms with E-state index in [-0.39, 0.29) is 12.4 Å². The Morgan fingerprint density at radius 2 is 1.90 bits per heavy atom. The second kappa shape index (κ2) is 4.49. The van der Waals surface area contributed by atoms with Gasteiger partial charge in [0.05, 0.1) is 15.9 Å². The van der Waals surface area contributed by atoms with Crippen LogP contribution in [0.5, 0.6) is 11.5 Å². The van der Waals surface area contributed by atoms with E-state index in [4.69, 9.17) is 21.1 Å². The molecule has 0 radical (unpaired) electrons. The van der Waals surface area contributed by atoms with E-state index in [1.165, 1.54) is 0 Å². The Balaban J connectivity index is 1.97. The largest absolute Gasteiger partial charge is 0.454 e. The number of benzene rings is 2. The first-order valence-electron chi connectivity index (χ1n) is 6.31. The molecule has 2 aromatic carbocycles. The fraction of sp³-hybridized carbons (Fsp3) is 0.0667. The highest BCUT2D eigenvalue weighted by Crippen LogP contribution is 2.39. The maximum Gasteiger partial charge on any atom is 0.259 e. The summed E-state index contributed by atoms with van der Waals surface area (Å²) in [6.45, 7) is 0.163. The van der Waals surface area contributed by atoms with Gasteiger partial charge in [-0.15, -0.1) is 0 Å². The number of fused-ring (bicyclic) bond motifs is 2. The smallest absolute Gasteiger partial charge is 0.259 e. The Morgan fingerprint density at radius 1 is 1.14 bits per heavy atom.